The number of hydrogen-bond donors (Lipinski definition) is 1. The van der Waals surface area contributed by atoms with Crippen molar-refractivity contribution in [3.8, 4) is 6.07 Å². The number of rotatable bonds is 2. The second-order valence-corrected chi connectivity index (χ2v) is 4.45. The summed E-state index contributed by atoms with van der Waals surface area (Å²) in [6.45, 7) is 0. The molecular formula is C7H5BrN2OS. The molecule has 1 N–H and O–H groups in total. The Balaban J connectivity index is 2.53. The number of nitrogens with zero attached hydrogens (tertiary/aromatic N) is 1. The van der Waals surface area contributed by atoms with Gasteiger partial charge in [-0.15, -0.1) is 11.3 Å². The van der Waals surface area contributed by atoms with Crippen molar-refractivity contribution in [2.45, 2.75) is 6.42 Å². The fourth-order valence-corrected chi connectivity index (χ4v) is 1.94. The summed E-state index contributed by atoms with van der Waals surface area (Å²) in [6, 6.07) is 5.40. The van der Waals surface area contributed by atoms with Gasteiger partial charge < -0.3 is 5.32 Å². The lowest BCUT2D eigenvalue weighted by molar-refractivity contribution is -0.115. The molecule has 0 saturated heterocycles. The van der Waals surface area contributed by atoms with E-state index in [2.05, 4.69) is 21.2 Å². The molecule has 1 aromatic rings. The van der Waals surface area contributed by atoms with Crippen LogP contribution in [0.1, 0.15) is 6.42 Å². The van der Waals surface area contributed by atoms with Crippen molar-refractivity contribution < 1.29 is 4.79 Å². The highest BCUT2D eigenvalue weighted by Crippen LogP contribution is 2.26. The van der Waals surface area contributed by atoms with E-state index in [4.69, 9.17) is 5.26 Å². The van der Waals surface area contributed by atoms with E-state index in [1.807, 2.05) is 6.07 Å². The van der Waals surface area contributed by atoms with E-state index >= 15 is 0 Å². The number of halogens is 1. The van der Waals surface area contributed by atoms with Crippen LogP contribution in [0.3, 0.4) is 0 Å². The summed E-state index contributed by atoms with van der Waals surface area (Å²) in [7, 11) is 0. The van der Waals surface area contributed by atoms with E-state index in [1.54, 1.807) is 12.1 Å². The fraction of sp³-hybridized carbons (Fsp3) is 0.143. The molecule has 0 radical (unpaired) electrons. The lowest BCUT2D eigenvalue weighted by Gasteiger charge is -1.95. The van der Waals surface area contributed by atoms with Gasteiger partial charge in [0.05, 0.1) is 14.9 Å². The summed E-state index contributed by atoms with van der Waals surface area (Å²) in [5.74, 6) is -0.271. The number of anilines is 1. The first-order valence-corrected chi connectivity index (χ1v) is 4.75. The third-order valence-electron chi connectivity index (χ3n) is 1.08. The van der Waals surface area contributed by atoms with E-state index < -0.39 is 0 Å². The molecule has 0 aliphatic heterocycles. The highest BCUT2D eigenvalue weighted by molar-refractivity contribution is 9.11. The van der Waals surface area contributed by atoms with Crippen LogP contribution in [0, 0.1) is 11.3 Å². The van der Waals surface area contributed by atoms with Crippen LogP contribution in [0.5, 0.6) is 0 Å². The molecule has 0 aliphatic rings. The third-order valence-corrected chi connectivity index (χ3v) is 2.61. The van der Waals surface area contributed by atoms with Crippen LogP contribution >= 0.6 is 27.3 Å². The van der Waals surface area contributed by atoms with Crippen molar-refractivity contribution in [2.75, 3.05) is 5.32 Å². The van der Waals surface area contributed by atoms with Crippen LogP contribution in [0.4, 0.5) is 5.00 Å². The molecule has 1 aromatic heterocycles. The predicted molar refractivity (Wildman–Crippen MR) is 50.9 cm³/mol. The normalized spacial score (nSPS) is 9.00. The third kappa shape index (κ3) is 2.64. The monoisotopic (exact) mass is 244 g/mol. The van der Waals surface area contributed by atoms with Gasteiger partial charge in [0, 0.05) is 0 Å². The first-order chi connectivity index (χ1) is 5.72. The predicted octanol–water partition coefficient (Wildman–Crippen LogP) is 2.36. The van der Waals surface area contributed by atoms with Gasteiger partial charge in [0.1, 0.15) is 6.42 Å². The average Bonchev–Trinajstić information content (AvgIpc) is 2.36. The van der Waals surface area contributed by atoms with Crippen LogP contribution in [-0.4, -0.2) is 5.91 Å². The Morgan fingerprint density at radius 3 is 3.00 bits per heavy atom. The number of thiophene rings is 1. The minimum absolute atomic E-state index is 0.102. The van der Waals surface area contributed by atoms with Gasteiger partial charge in [0.2, 0.25) is 5.91 Å². The molecule has 0 fully saturated rings. The molecule has 62 valence electrons. The highest BCUT2D eigenvalue weighted by atomic mass is 79.9. The van der Waals surface area contributed by atoms with Crippen molar-refractivity contribution >= 4 is 38.2 Å². The van der Waals surface area contributed by atoms with Gasteiger partial charge in [-0.3, -0.25) is 4.79 Å². The summed E-state index contributed by atoms with van der Waals surface area (Å²) in [4.78, 5) is 10.9. The average molecular weight is 245 g/mol. The number of carbonyl (C=O) groups excluding carboxylic acids is 1. The summed E-state index contributed by atoms with van der Waals surface area (Å²) in [5.41, 5.74) is 0. The molecule has 0 spiro atoms. The first kappa shape index (κ1) is 9.23. The van der Waals surface area contributed by atoms with E-state index in [0.29, 0.717) is 0 Å². The number of amides is 1. The van der Waals surface area contributed by atoms with Crippen molar-refractivity contribution in [1.29, 1.82) is 5.26 Å². The zero-order valence-corrected chi connectivity index (χ0v) is 8.41. The van der Waals surface area contributed by atoms with E-state index in [9.17, 15) is 4.79 Å². The maximum absolute atomic E-state index is 10.9. The molecule has 1 amide bonds. The van der Waals surface area contributed by atoms with Crippen LogP contribution in [0.25, 0.3) is 0 Å². The lowest BCUT2D eigenvalue weighted by Crippen LogP contribution is -2.08. The highest BCUT2D eigenvalue weighted by Gasteiger charge is 2.02. The van der Waals surface area contributed by atoms with Gasteiger partial charge in [-0.05, 0) is 28.1 Å². The second-order valence-electron chi connectivity index (χ2n) is 1.99. The Hall–Kier alpha value is -0.860. The Morgan fingerprint density at radius 1 is 1.75 bits per heavy atom. The van der Waals surface area contributed by atoms with Crippen LogP contribution < -0.4 is 5.32 Å². The van der Waals surface area contributed by atoms with E-state index in [0.717, 1.165) is 8.79 Å². The van der Waals surface area contributed by atoms with Crippen LogP contribution in [0.15, 0.2) is 15.9 Å². The maximum Gasteiger partial charge on any atom is 0.239 e. The Morgan fingerprint density at radius 2 is 2.50 bits per heavy atom. The molecule has 1 rings (SSSR count). The first-order valence-electron chi connectivity index (χ1n) is 3.14. The molecule has 5 heteroatoms. The molecule has 0 aliphatic carbocycles. The molecule has 12 heavy (non-hydrogen) atoms. The van der Waals surface area contributed by atoms with Crippen LogP contribution in [0.2, 0.25) is 0 Å². The van der Waals surface area contributed by atoms with Gasteiger partial charge in [-0.1, -0.05) is 0 Å². The number of carbonyl (C=O) groups is 1. The molecule has 3 nitrogen and oxygen atoms in total. The summed E-state index contributed by atoms with van der Waals surface area (Å²) in [5, 5.41) is 11.5. The lowest BCUT2D eigenvalue weighted by atomic mass is 10.4. The molecular weight excluding hydrogens is 240 g/mol. The molecule has 0 unspecified atom stereocenters. The second kappa shape index (κ2) is 4.24. The summed E-state index contributed by atoms with van der Waals surface area (Å²) in [6.07, 6.45) is -0.102. The smallest absolute Gasteiger partial charge is 0.239 e. The SMILES string of the molecule is N#CCC(=O)Nc1ccc(Br)s1. The van der Waals surface area contributed by atoms with Gasteiger partial charge in [-0.25, -0.2) is 0 Å². The quantitative estimate of drug-likeness (QED) is 0.869. The van der Waals surface area contributed by atoms with Crippen LogP contribution in [-0.2, 0) is 4.79 Å². The zero-order valence-electron chi connectivity index (χ0n) is 6.00. The Labute approximate surface area is 82.1 Å². The summed E-state index contributed by atoms with van der Waals surface area (Å²) >= 11 is 4.68. The largest absolute Gasteiger partial charge is 0.317 e. The van der Waals surface area contributed by atoms with E-state index in [-0.39, 0.29) is 12.3 Å². The van der Waals surface area contributed by atoms with Gasteiger partial charge in [-0.2, -0.15) is 5.26 Å². The molecule has 1 heterocycles. The Kier molecular flexibility index (Phi) is 3.26. The molecule has 0 aromatic carbocycles. The molecule has 0 saturated carbocycles. The topological polar surface area (TPSA) is 52.9 Å². The minimum atomic E-state index is -0.271. The van der Waals surface area contributed by atoms with Gasteiger partial charge >= 0.3 is 0 Å². The fourth-order valence-electron chi connectivity index (χ4n) is 0.635. The standard InChI is InChI=1S/C7H5BrN2OS/c8-5-1-2-7(12-5)10-6(11)3-4-9/h1-2H,3H2,(H,10,11). The molecule has 0 atom stereocenters. The van der Waals surface area contributed by atoms with Gasteiger partial charge in [0.15, 0.2) is 0 Å². The number of nitriles is 1. The zero-order chi connectivity index (χ0) is 8.97. The van der Waals surface area contributed by atoms with Crippen molar-refractivity contribution in [2.24, 2.45) is 0 Å². The summed E-state index contributed by atoms with van der Waals surface area (Å²) < 4.78 is 0.953. The van der Waals surface area contributed by atoms with E-state index in [1.165, 1.54) is 11.3 Å². The van der Waals surface area contributed by atoms with Crippen molar-refractivity contribution in [3.63, 3.8) is 0 Å². The number of hydrogen-bond acceptors (Lipinski definition) is 3. The van der Waals surface area contributed by atoms with Gasteiger partial charge in [0.25, 0.3) is 0 Å². The number of nitrogens with one attached hydrogen (secondary N) is 1. The molecule has 0 bridgehead atoms. The Bertz CT molecular complexity index is 328. The van der Waals surface area contributed by atoms with Crippen molar-refractivity contribution in [3.05, 3.63) is 15.9 Å². The van der Waals surface area contributed by atoms with Crippen molar-refractivity contribution in [1.82, 2.24) is 0 Å². The minimum Gasteiger partial charge on any atom is -0.317 e. The maximum atomic E-state index is 10.9.